The van der Waals surface area contributed by atoms with Crippen LogP contribution in [0.2, 0.25) is 0 Å². The van der Waals surface area contributed by atoms with Crippen LogP contribution in [0.3, 0.4) is 0 Å². The fraction of sp³-hybridized carbons (Fsp3) is 0.389. The minimum Gasteiger partial charge on any atom is -0.496 e. The van der Waals surface area contributed by atoms with Crippen LogP contribution in [0.1, 0.15) is 23.2 Å². The van der Waals surface area contributed by atoms with Gasteiger partial charge in [0.2, 0.25) is 11.8 Å². The third kappa shape index (κ3) is 2.75. The lowest BCUT2D eigenvalue weighted by Gasteiger charge is -2.15. The first-order valence-corrected chi connectivity index (χ1v) is 8.28. The van der Waals surface area contributed by atoms with Gasteiger partial charge in [0.1, 0.15) is 5.75 Å². The molecule has 25 heavy (non-hydrogen) atoms. The summed E-state index contributed by atoms with van der Waals surface area (Å²) in [6.45, 7) is 0.458. The second-order valence-corrected chi connectivity index (χ2v) is 6.51. The molecule has 0 radical (unpaired) electrons. The molecule has 1 saturated heterocycles. The maximum atomic E-state index is 11.6. The van der Waals surface area contributed by atoms with E-state index in [0.717, 1.165) is 23.6 Å². The Kier molecular flexibility index (Phi) is 3.71. The van der Waals surface area contributed by atoms with Gasteiger partial charge in [-0.15, -0.1) is 0 Å². The molecule has 1 aromatic carbocycles. The number of hydrogen-bond acceptors (Lipinski definition) is 5. The molecule has 7 nitrogen and oxygen atoms in total. The molecule has 1 saturated carbocycles. The van der Waals surface area contributed by atoms with E-state index >= 15 is 0 Å². The quantitative estimate of drug-likeness (QED) is 0.823. The minimum absolute atomic E-state index is 0.169. The predicted molar refractivity (Wildman–Crippen MR) is 90.5 cm³/mol. The van der Waals surface area contributed by atoms with E-state index in [0.29, 0.717) is 29.7 Å². The number of hydrogen-bond donors (Lipinski definition) is 2. The number of ether oxygens (including phenoxy) is 2. The molecule has 7 heteroatoms. The predicted octanol–water partition coefficient (Wildman–Crippen LogP) is 1.25. The van der Waals surface area contributed by atoms with Crippen LogP contribution < -0.4 is 20.5 Å². The Morgan fingerprint density at radius 1 is 1.44 bits per heavy atom. The number of nitrogens with one attached hydrogen (secondary N) is 1. The molecule has 3 atom stereocenters. The number of carbonyl (C=O) groups is 2. The van der Waals surface area contributed by atoms with E-state index in [9.17, 15) is 9.59 Å². The molecular formula is C18H19N3O4. The van der Waals surface area contributed by atoms with Crippen LogP contribution in [-0.4, -0.2) is 36.6 Å². The zero-order valence-electron chi connectivity index (χ0n) is 13.8. The van der Waals surface area contributed by atoms with Crippen molar-refractivity contribution in [1.29, 1.82) is 0 Å². The van der Waals surface area contributed by atoms with Gasteiger partial charge in [-0.1, -0.05) is 0 Å². The van der Waals surface area contributed by atoms with Gasteiger partial charge in [0.05, 0.1) is 19.3 Å². The Balaban J connectivity index is 1.53. The lowest BCUT2D eigenvalue weighted by atomic mass is 10.1. The number of nitrogens with two attached hydrogens (primary N) is 1. The van der Waals surface area contributed by atoms with Crippen molar-refractivity contribution in [1.82, 2.24) is 10.3 Å². The van der Waals surface area contributed by atoms with Crippen LogP contribution in [0.15, 0.2) is 24.4 Å². The normalized spacial score (nSPS) is 23.9. The molecule has 0 bridgehead atoms. The summed E-state index contributed by atoms with van der Waals surface area (Å²) in [5, 5.41) is 4.56. The number of pyridine rings is 1. The Labute approximate surface area is 144 Å². The van der Waals surface area contributed by atoms with Crippen molar-refractivity contribution < 1.29 is 19.1 Å². The van der Waals surface area contributed by atoms with Gasteiger partial charge in [0, 0.05) is 30.0 Å². The van der Waals surface area contributed by atoms with E-state index in [-0.39, 0.29) is 17.9 Å². The Morgan fingerprint density at radius 2 is 2.28 bits per heavy atom. The number of benzene rings is 1. The molecule has 1 aliphatic heterocycles. The van der Waals surface area contributed by atoms with Gasteiger partial charge >= 0.3 is 0 Å². The molecule has 130 valence electrons. The summed E-state index contributed by atoms with van der Waals surface area (Å²) in [5.41, 5.74) is 5.72. The van der Waals surface area contributed by atoms with Crippen molar-refractivity contribution >= 4 is 22.6 Å². The monoisotopic (exact) mass is 341 g/mol. The number of methoxy groups -OCH3 is 1. The summed E-state index contributed by atoms with van der Waals surface area (Å²) in [6.07, 6.45) is 3.38. The fourth-order valence-electron chi connectivity index (χ4n) is 3.58. The molecular weight excluding hydrogens is 322 g/mol. The first-order chi connectivity index (χ1) is 12.1. The van der Waals surface area contributed by atoms with Crippen molar-refractivity contribution in [3.8, 4) is 11.6 Å². The van der Waals surface area contributed by atoms with Crippen LogP contribution in [0.25, 0.3) is 10.8 Å². The molecule has 2 aliphatic rings. The van der Waals surface area contributed by atoms with E-state index in [1.165, 1.54) is 7.11 Å². The average molecular weight is 341 g/mol. The second-order valence-electron chi connectivity index (χ2n) is 6.51. The highest BCUT2D eigenvalue weighted by molar-refractivity contribution is 6.01. The summed E-state index contributed by atoms with van der Waals surface area (Å²) in [7, 11) is 1.49. The lowest BCUT2D eigenvalue weighted by Crippen LogP contribution is -2.31. The molecule has 1 aliphatic carbocycles. The molecule has 2 heterocycles. The van der Waals surface area contributed by atoms with Gasteiger partial charge in [-0.3, -0.25) is 9.59 Å². The third-order valence-corrected chi connectivity index (χ3v) is 5.00. The van der Waals surface area contributed by atoms with Gasteiger partial charge in [0.25, 0.3) is 5.91 Å². The van der Waals surface area contributed by atoms with Crippen LogP contribution in [0.5, 0.6) is 11.6 Å². The highest BCUT2D eigenvalue weighted by Crippen LogP contribution is 2.46. The number of fused-ring (bicyclic) bond motifs is 2. The number of primary amides is 1. The van der Waals surface area contributed by atoms with E-state index in [4.69, 9.17) is 15.2 Å². The zero-order valence-corrected chi connectivity index (χ0v) is 13.8. The summed E-state index contributed by atoms with van der Waals surface area (Å²) in [6, 6.07) is 5.38. The fourth-order valence-corrected chi connectivity index (χ4v) is 3.58. The molecule has 0 spiro atoms. The molecule has 2 amide bonds. The van der Waals surface area contributed by atoms with Gasteiger partial charge < -0.3 is 20.5 Å². The average Bonchev–Trinajstić information content (AvgIpc) is 3.34. The highest BCUT2D eigenvalue weighted by Gasteiger charge is 2.53. The SMILES string of the molecule is COc1cc2c(OCC[C@H]3NC(=O)[C@@H]4C[C@H]34)nccc2cc1C(N)=O. The summed E-state index contributed by atoms with van der Waals surface area (Å²) < 4.78 is 11.1. The smallest absolute Gasteiger partial charge is 0.252 e. The van der Waals surface area contributed by atoms with E-state index in [2.05, 4.69) is 10.3 Å². The topological polar surface area (TPSA) is 104 Å². The van der Waals surface area contributed by atoms with Crippen molar-refractivity contribution in [2.75, 3.05) is 13.7 Å². The number of carbonyl (C=O) groups excluding carboxylic acids is 2. The van der Waals surface area contributed by atoms with Gasteiger partial charge in [-0.25, -0.2) is 4.98 Å². The molecule has 2 fully saturated rings. The lowest BCUT2D eigenvalue weighted by molar-refractivity contribution is -0.121. The van der Waals surface area contributed by atoms with Crippen LogP contribution in [-0.2, 0) is 4.79 Å². The summed E-state index contributed by atoms with van der Waals surface area (Å²) in [5.74, 6) is 1.17. The molecule has 4 rings (SSSR count). The minimum atomic E-state index is -0.547. The maximum Gasteiger partial charge on any atom is 0.252 e. The van der Waals surface area contributed by atoms with Crippen molar-refractivity contribution in [2.45, 2.75) is 18.9 Å². The second kappa shape index (κ2) is 5.91. The van der Waals surface area contributed by atoms with Crippen LogP contribution in [0.4, 0.5) is 0 Å². The largest absolute Gasteiger partial charge is 0.496 e. The van der Waals surface area contributed by atoms with E-state index < -0.39 is 5.91 Å². The zero-order chi connectivity index (χ0) is 17.6. The standard InChI is InChI=1S/C18H19N3O4/c1-24-15-8-10-9(6-13(15)16(19)22)2-4-20-18(10)25-5-3-14-11-7-12(11)17(23)21-14/h2,4,6,8,11-12,14H,3,5,7H2,1H3,(H2,19,22)(H,21,23)/t11-,12+,14+/m0/s1. The maximum absolute atomic E-state index is 11.6. The Morgan fingerprint density at radius 3 is 2.92 bits per heavy atom. The van der Waals surface area contributed by atoms with E-state index in [1.54, 1.807) is 24.4 Å². The number of rotatable bonds is 6. The number of amides is 2. The Bertz CT molecular complexity index is 867. The number of nitrogens with zero attached hydrogens (tertiary/aromatic N) is 1. The molecule has 2 aromatic rings. The van der Waals surface area contributed by atoms with Crippen molar-refractivity contribution in [3.05, 3.63) is 30.0 Å². The summed E-state index contributed by atoms with van der Waals surface area (Å²) >= 11 is 0. The van der Waals surface area contributed by atoms with E-state index in [1.807, 2.05) is 0 Å². The molecule has 0 unspecified atom stereocenters. The van der Waals surface area contributed by atoms with Gasteiger partial charge in [0.15, 0.2) is 0 Å². The first kappa shape index (κ1) is 15.7. The van der Waals surface area contributed by atoms with Crippen molar-refractivity contribution in [2.24, 2.45) is 17.6 Å². The number of piperidine rings is 1. The van der Waals surface area contributed by atoms with Crippen molar-refractivity contribution in [3.63, 3.8) is 0 Å². The van der Waals surface area contributed by atoms with Gasteiger partial charge in [-0.05, 0) is 35.9 Å². The molecule has 1 aromatic heterocycles. The summed E-state index contributed by atoms with van der Waals surface area (Å²) in [4.78, 5) is 27.4. The van der Waals surface area contributed by atoms with Crippen LogP contribution in [0, 0.1) is 11.8 Å². The molecule has 3 N–H and O–H groups in total. The highest BCUT2D eigenvalue weighted by atomic mass is 16.5. The van der Waals surface area contributed by atoms with Crippen LogP contribution >= 0.6 is 0 Å². The number of aromatic nitrogens is 1. The van der Waals surface area contributed by atoms with Gasteiger partial charge in [-0.2, -0.15) is 0 Å². The first-order valence-electron chi connectivity index (χ1n) is 8.28. The third-order valence-electron chi connectivity index (χ3n) is 5.00. The Hall–Kier alpha value is -2.83.